The van der Waals surface area contributed by atoms with Gasteiger partial charge < -0.3 is 4.90 Å². The van der Waals surface area contributed by atoms with Crippen LogP contribution in [-0.4, -0.2) is 24.8 Å². The molecule has 1 fully saturated rings. The number of rotatable bonds is 1. The standard InChI is InChI=1S/C11H17NO/c1-8-5-6-9(2)11(13)10(8)7-12(3)4/h7,9H,1,5-6H2,2-4H3/b10-7-. The number of Topliss-reactive ketones (excluding diaryl/α,β-unsaturated/α-hetero) is 1. The van der Waals surface area contributed by atoms with Crippen molar-refractivity contribution in [2.45, 2.75) is 19.8 Å². The van der Waals surface area contributed by atoms with Gasteiger partial charge in [-0.1, -0.05) is 13.5 Å². The highest BCUT2D eigenvalue weighted by Gasteiger charge is 2.25. The summed E-state index contributed by atoms with van der Waals surface area (Å²) in [5.41, 5.74) is 1.79. The molecule has 2 heteroatoms. The van der Waals surface area contributed by atoms with Crippen LogP contribution in [0.5, 0.6) is 0 Å². The van der Waals surface area contributed by atoms with Crippen molar-refractivity contribution in [2.24, 2.45) is 5.92 Å². The van der Waals surface area contributed by atoms with Crippen molar-refractivity contribution in [1.82, 2.24) is 4.90 Å². The Kier molecular flexibility index (Phi) is 2.91. The molecule has 1 aliphatic rings. The van der Waals surface area contributed by atoms with Crippen molar-refractivity contribution in [3.63, 3.8) is 0 Å². The first kappa shape index (κ1) is 10.0. The van der Waals surface area contributed by atoms with E-state index in [1.165, 1.54) is 0 Å². The molecular weight excluding hydrogens is 162 g/mol. The molecule has 1 rings (SSSR count). The molecule has 1 aliphatic carbocycles. The van der Waals surface area contributed by atoms with Crippen molar-refractivity contribution in [3.8, 4) is 0 Å². The number of ketones is 1. The van der Waals surface area contributed by atoms with Crippen LogP contribution >= 0.6 is 0 Å². The Hall–Kier alpha value is -1.05. The van der Waals surface area contributed by atoms with Gasteiger partial charge in [0, 0.05) is 31.8 Å². The molecule has 0 aliphatic heterocycles. The summed E-state index contributed by atoms with van der Waals surface area (Å²) in [7, 11) is 3.85. The zero-order valence-electron chi connectivity index (χ0n) is 8.63. The van der Waals surface area contributed by atoms with Crippen LogP contribution in [0.4, 0.5) is 0 Å². The predicted octanol–water partition coefficient (Wildman–Crippen LogP) is 1.99. The van der Waals surface area contributed by atoms with E-state index in [1.807, 2.05) is 32.1 Å². The Morgan fingerprint density at radius 1 is 1.54 bits per heavy atom. The third-order valence-electron chi connectivity index (χ3n) is 2.36. The second-order valence-corrected chi connectivity index (χ2v) is 3.91. The van der Waals surface area contributed by atoms with E-state index in [0.717, 1.165) is 24.0 Å². The molecule has 0 aromatic rings. The van der Waals surface area contributed by atoms with Gasteiger partial charge in [0.2, 0.25) is 0 Å². The van der Waals surface area contributed by atoms with Crippen LogP contribution in [-0.2, 0) is 4.79 Å². The number of allylic oxidation sites excluding steroid dienone is 2. The lowest BCUT2D eigenvalue weighted by molar-refractivity contribution is -0.119. The summed E-state index contributed by atoms with van der Waals surface area (Å²) in [6.07, 6.45) is 3.77. The Morgan fingerprint density at radius 2 is 2.15 bits per heavy atom. The van der Waals surface area contributed by atoms with Crippen molar-refractivity contribution >= 4 is 5.78 Å². The highest BCUT2D eigenvalue weighted by atomic mass is 16.1. The topological polar surface area (TPSA) is 20.3 Å². The first-order chi connectivity index (χ1) is 6.02. The SMILES string of the molecule is C=C1CCC(C)C(=O)/C1=C\N(C)C. The van der Waals surface area contributed by atoms with Crippen molar-refractivity contribution < 1.29 is 4.79 Å². The van der Waals surface area contributed by atoms with Gasteiger partial charge in [-0.05, 0) is 18.4 Å². The van der Waals surface area contributed by atoms with Gasteiger partial charge in [-0.2, -0.15) is 0 Å². The average molecular weight is 179 g/mol. The van der Waals surface area contributed by atoms with Crippen molar-refractivity contribution in [2.75, 3.05) is 14.1 Å². The summed E-state index contributed by atoms with van der Waals surface area (Å²) in [4.78, 5) is 13.6. The minimum atomic E-state index is 0.164. The first-order valence-electron chi connectivity index (χ1n) is 4.63. The zero-order valence-corrected chi connectivity index (χ0v) is 8.63. The molecule has 2 nitrogen and oxygen atoms in total. The Morgan fingerprint density at radius 3 is 2.69 bits per heavy atom. The molecule has 72 valence electrons. The molecule has 1 saturated carbocycles. The number of carbonyl (C=O) groups is 1. The molecule has 0 aromatic carbocycles. The largest absolute Gasteiger partial charge is 0.383 e. The van der Waals surface area contributed by atoms with Crippen LogP contribution in [0.3, 0.4) is 0 Å². The first-order valence-corrected chi connectivity index (χ1v) is 4.63. The smallest absolute Gasteiger partial charge is 0.167 e. The number of hydrogen-bond donors (Lipinski definition) is 0. The van der Waals surface area contributed by atoms with E-state index < -0.39 is 0 Å². The normalized spacial score (nSPS) is 26.7. The number of carbonyl (C=O) groups excluding carboxylic acids is 1. The van der Waals surface area contributed by atoms with E-state index >= 15 is 0 Å². The minimum Gasteiger partial charge on any atom is -0.383 e. The quantitative estimate of drug-likeness (QED) is 0.574. The summed E-state index contributed by atoms with van der Waals surface area (Å²) < 4.78 is 0. The van der Waals surface area contributed by atoms with E-state index in [0.29, 0.717) is 0 Å². The Balaban J connectivity index is 2.91. The lowest BCUT2D eigenvalue weighted by Crippen LogP contribution is -2.22. The summed E-state index contributed by atoms with van der Waals surface area (Å²) in [5, 5.41) is 0. The predicted molar refractivity (Wildman–Crippen MR) is 54.3 cm³/mol. The van der Waals surface area contributed by atoms with E-state index in [4.69, 9.17) is 0 Å². The molecule has 13 heavy (non-hydrogen) atoms. The van der Waals surface area contributed by atoms with Gasteiger partial charge in [-0.15, -0.1) is 0 Å². The van der Waals surface area contributed by atoms with E-state index in [1.54, 1.807) is 0 Å². The maximum absolute atomic E-state index is 11.7. The summed E-state index contributed by atoms with van der Waals surface area (Å²) >= 11 is 0. The van der Waals surface area contributed by atoms with E-state index in [-0.39, 0.29) is 11.7 Å². The maximum Gasteiger partial charge on any atom is 0.167 e. The molecule has 0 bridgehead atoms. The molecule has 0 saturated heterocycles. The maximum atomic E-state index is 11.7. The highest BCUT2D eigenvalue weighted by molar-refractivity contribution is 6.01. The minimum absolute atomic E-state index is 0.164. The van der Waals surface area contributed by atoms with Crippen LogP contribution in [0.2, 0.25) is 0 Å². The Labute approximate surface area is 79.9 Å². The molecule has 0 spiro atoms. The van der Waals surface area contributed by atoms with Gasteiger partial charge in [0.05, 0.1) is 0 Å². The zero-order chi connectivity index (χ0) is 10.0. The van der Waals surface area contributed by atoms with E-state index in [9.17, 15) is 4.79 Å². The molecule has 0 heterocycles. The second-order valence-electron chi connectivity index (χ2n) is 3.91. The van der Waals surface area contributed by atoms with Gasteiger partial charge in [0.1, 0.15) is 0 Å². The van der Waals surface area contributed by atoms with Gasteiger partial charge in [-0.25, -0.2) is 0 Å². The monoisotopic (exact) mass is 179 g/mol. The van der Waals surface area contributed by atoms with Crippen LogP contribution in [0.25, 0.3) is 0 Å². The van der Waals surface area contributed by atoms with Crippen molar-refractivity contribution in [3.05, 3.63) is 23.9 Å². The molecular formula is C11H17NO. The molecule has 0 N–H and O–H groups in total. The number of hydrogen-bond acceptors (Lipinski definition) is 2. The fourth-order valence-corrected chi connectivity index (χ4v) is 1.51. The van der Waals surface area contributed by atoms with Gasteiger partial charge in [0.25, 0.3) is 0 Å². The number of nitrogens with zero attached hydrogens (tertiary/aromatic N) is 1. The molecule has 1 atom stereocenters. The van der Waals surface area contributed by atoms with Crippen molar-refractivity contribution in [1.29, 1.82) is 0 Å². The average Bonchev–Trinajstić information content (AvgIpc) is 2.05. The third-order valence-corrected chi connectivity index (χ3v) is 2.36. The Bertz CT molecular complexity index is 263. The van der Waals surface area contributed by atoms with Gasteiger partial charge in [-0.3, -0.25) is 4.79 Å². The summed E-state index contributed by atoms with van der Waals surface area (Å²) in [6, 6.07) is 0. The summed E-state index contributed by atoms with van der Waals surface area (Å²) in [6.45, 7) is 5.90. The fraction of sp³-hybridized carbons (Fsp3) is 0.545. The molecule has 0 aromatic heterocycles. The van der Waals surface area contributed by atoms with Gasteiger partial charge in [0.15, 0.2) is 5.78 Å². The highest BCUT2D eigenvalue weighted by Crippen LogP contribution is 2.28. The molecule has 0 amide bonds. The van der Waals surface area contributed by atoms with Crippen LogP contribution in [0.15, 0.2) is 23.9 Å². The van der Waals surface area contributed by atoms with E-state index in [2.05, 4.69) is 6.58 Å². The molecule has 0 radical (unpaired) electrons. The fourth-order valence-electron chi connectivity index (χ4n) is 1.51. The lowest BCUT2D eigenvalue weighted by Gasteiger charge is -2.22. The molecule has 1 unspecified atom stereocenters. The third kappa shape index (κ3) is 2.20. The van der Waals surface area contributed by atoms with Crippen LogP contribution in [0, 0.1) is 5.92 Å². The summed E-state index contributed by atoms with van der Waals surface area (Å²) in [5.74, 6) is 0.404. The van der Waals surface area contributed by atoms with Crippen LogP contribution in [0.1, 0.15) is 19.8 Å². The van der Waals surface area contributed by atoms with Crippen LogP contribution < -0.4 is 0 Å². The lowest BCUT2D eigenvalue weighted by atomic mass is 9.83. The second kappa shape index (κ2) is 3.77. The van der Waals surface area contributed by atoms with Gasteiger partial charge >= 0.3 is 0 Å².